The quantitative estimate of drug-likeness (QED) is 0.666. The summed E-state index contributed by atoms with van der Waals surface area (Å²) in [5.41, 5.74) is 1.44. The standard InChI is InChI=1S/C19H19N3O5S/c1-14-20-17(13-27-14)15-4-6-16(7-5-15)28(24,25)22-10-8-21(9-11-22)19(23)18-3-2-12-26-18/h2-7,12-13H,8-11H2,1H3. The molecule has 0 radical (unpaired) electrons. The molecule has 1 aliphatic heterocycles. The highest BCUT2D eigenvalue weighted by molar-refractivity contribution is 7.89. The van der Waals surface area contributed by atoms with Crippen LogP contribution >= 0.6 is 0 Å². The van der Waals surface area contributed by atoms with Crippen molar-refractivity contribution in [3.8, 4) is 11.3 Å². The third-order valence-corrected chi connectivity index (χ3v) is 6.58. The molecule has 0 spiro atoms. The molecule has 0 bridgehead atoms. The van der Waals surface area contributed by atoms with Gasteiger partial charge in [-0.2, -0.15) is 4.31 Å². The largest absolute Gasteiger partial charge is 0.459 e. The molecule has 1 aliphatic rings. The van der Waals surface area contributed by atoms with Gasteiger partial charge in [-0.25, -0.2) is 13.4 Å². The van der Waals surface area contributed by atoms with Gasteiger partial charge >= 0.3 is 0 Å². The predicted octanol–water partition coefficient (Wildman–Crippen LogP) is 2.39. The highest BCUT2D eigenvalue weighted by Gasteiger charge is 2.31. The van der Waals surface area contributed by atoms with Crippen molar-refractivity contribution < 1.29 is 22.0 Å². The number of aryl methyl sites for hydroxylation is 1. The zero-order valence-electron chi connectivity index (χ0n) is 15.2. The second-order valence-electron chi connectivity index (χ2n) is 6.45. The molecule has 0 unspecified atom stereocenters. The van der Waals surface area contributed by atoms with E-state index in [1.54, 1.807) is 48.2 Å². The Morgan fingerprint density at radius 2 is 1.75 bits per heavy atom. The topological polar surface area (TPSA) is 96.9 Å². The fourth-order valence-electron chi connectivity index (χ4n) is 3.13. The molecule has 28 heavy (non-hydrogen) atoms. The highest BCUT2D eigenvalue weighted by Crippen LogP contribution is 2.23. The maximum Gasteiger partial charge on any atom is 0.289 e. The Bertz CT molecular complexity index is 1060. The molecular formula is C19H19N3O5S. The second kappa shape index (κ2) is 7.25. The fourth-order valence-corrected chi connectivity index (χ4v) is 4.55. The van der Waals surface area contributed by atoms with Gasteiger partial charge in [-0.05, 0) is 24.3 Å². The van der Waals surface area contributed by atoms with Crippen molar-refractivity contribution in [2.24, 2.45) is 0 Å². The molecule has 146 valence electrons. The summed E-state index contributed by atoms with van der Waals surface area (Å²) in [5.74, 6) is 0.581. The minimum Gasteiger partial charge on any atom is -0.459 e. The van der Waals surface area contributed by atoms with Crippen molar-refractivity contribution >= 4 is 15.9 Å². The Hall–Kier alpha value is -2.91. The Morgan fingerprint density at radius 3 is 2.32 bits per heavy atom. The van der Waals surface area contributed by atoms with E-state index in [0.717, 1.165) is 5.56 Å². The van der Waals surface area contributed by atoms with Crippen LogP contribution in [0, 0.1) is 6.92 Å². The highest BCUT2D eigenvalue weighted by atomic mass is 32.2. The summed E-state index contributed by atoms with van der Waals surface area (Å²) in [7, 11) is -3.63. The average Bonchev–Trinajstić information content (AvgIpc) is 3.40. The van der Waals surface area contributed by atoms with Gasteiger partial charge in [0.05, 0.1) is 11.2 Å². The lowest BCUT2D eigenvalue weighted by Crippen LogP contribution is -2.50. The van der Waals surface area contributed by atoms with Crippen molar-refractivity contribution in [1.29, 1.82) is 0 Å². The number of benzene rings is 1. The van der Waals surface area contributed by atoms with Crippen molar-refractivity contribution in [2.75, 3.05) is 26.2 Å². The van der Waals surface area contributed by atoms with E-state index in [9.17, 15) is 13.2 Å². The number of rotatable bonds is 4. The average molecular weight is 401 g/mol. The first kappa shape index (κ1) is 18.5. The minimum absolute atomic E-state index is 0.210. The molecule has 1 aromatic carbocycles. The van der Waals surface area contributed by atoms with Gasteiger partial charge in [-0.3, -0.25) is 4.79 Å². The number of amides is 1. The molecule has 1 saturated heterocycles. The van der Waals surface area contributed by atoms with Crippen molar-refractivity contribution in [2.45, 2.75) is 11.8 Å². The normalized spacial score (nSPS) is 15.7. The third kappa shape index (κ3) is 3.46. The number of carbonyl (C=O) groups is 1. The Balaban J connectivity index is 1.45. The van der Waals surface area contributed by atoms with Gasteiger partial charge in [0.2, 0.25) is 10.0 Å². The van der Waals surface area contributed by atoms with Gasteiger partial charge in [-0.15, -0.1) is 0 Å². The van der Waals surface area contributed by atoms with E-state index in [0.29, 0.717) is 24.7 Å². The smallest absolute Gasteiger partial charge is 0.289 e. The van der Waals surface area contributed by atoms with Gasteiger partial charge in [-0.1, -0.05) is 12.1 Å². The minimum atomic E-state index is -3.63. The molecule has 3 heterocycles. The first-order valence-electron chi connectivity index (χ1n) is 8.80. The summed E-state index contributed by atoms with van der Waals surface area (Å²) in [6.07, 6.45) is 2.98. The predicted molar refractivity (Wildman–Crippen MR) is 100 cm³/mol. The zero-order valence-corrected chi connectivity index (χ0v) is 16.1. The van der Waals surface area contributed by atoms with Crippen LogP contribution in [0.4, 0.5) is 0 Å². The molecule has 0 aliphatic carbocycles. The summed E-state index contributed by atoms with van der Waals surface area (Å²) in [4.78, 5) is 18.4. The number of nitrogens with zero attached hydrogens (tertiary/aromatic N) is 3. The van der Waals surface area contributed by atoms with Gasteiger partial charge < -0.3 is 13.7 Å². The van der Waals surface area contributed by atoms with Gasteiger partial charge in [0.15, 0.2) is 11.7 Å². The second-order valence-corrected chi connectivity index (χ2v) is 8.39. The molecule has 0 atom stereocenters. The Kier molecular flexibility index (Phi) is 4.78. The van der Waals surface area contributed by atoms with E-state index in [1.165, 1.54) is 16.8 Å². The van der Waals surface area contributed by atoms with Crippen LogP contribution in [-0.4, -0.2) is 54.7 Å². The van der Waals surface area contributed by atoms with Crippen molar-refractivity contribution in [1.82, 2.24) is 14.2 Å². The maximum absolute atomic E-state index is 12.9. The number of furan rings is 1. The number of aromatic nitrogens is 1. The summed E-state index contributed by atoms with van der Waals surface area (Å²) < 4.78 is 37.5. The van der Waals surface area contributed by atoms with E-state index in [1.807, 2.05) is 0 Å². The lowest BCUT2D eigenvalue weighted by molar-refractivity contribution is 0.0666. The lowest BCUT2D eigenvalue weighted by atomic mass is 10.2. The van der Waals surface area contributed by atoms with Gasteiger partial charge in [0.25, 0.3) is 5.91 Å². The van der Waals surface area contributed by atoms with Crippen LogP contribution in [0.15, 0.2) is 62.7 Å². The van der Waals surface area contributed by atoms with Crippen LogP contribution in [0.1, 0.15) is 16.4 Å². The number of oxazole rings is 1. The number of piperazine rings is 1. The van der Waals surface area contributed by atoms with Crippen LogP contribution in [0.3, 0.4) is 0 Å². The lowest BCUT2D eigenvalue weighted by Gasteiger charge is -2.33. The molecule has 4 rings (SSSR count). The molecule has 0 N–H and O–H groups in total. The van der Waals surface area contributed by atoms with Crippen LogP contribution in [0.25, 0.3) is 11.3 Å². The number of sulfonamides is 1. The molecule has 1 amide bonds. The first-order valence-corrected chi connectivity index (χ1v) is 10.2. The number of hydrogen-bond donors (Lipinski definition) is 0. The van der Waals surface area contributed by atoms with E-state index >= 15 is 0 Å². The van der Waals surface area contributed by atoms with Crippen LogP contribution < -0.4 is 0 Å². The number of carbonyl (C=O) groups excluding carboxylic acids is 1. The molecule has 2 aromatic heterocycles. The maximum atomic E-state index is 12.9. The monoisotopic (exact) mass is 401 g/mol. The summed E-state index contributed by atoms with van der Waals surface area (Å²) in [5, 5.41) is 0. The third-order valence-electron chi connectivity index (χ3n) is 4.66. The Labute approximate surface area is 162 Å². The molecule has 9 heteroatoms. The Morgan fingerprint density at radius 1 is 1.04 bits per heavy atom. The summed E-state index contributed by atoms with van der Waals surface area (Å²) >= 11 is 0. The molecule has 1 fully saturated rings. The van der Waals surface area contributed by atoms with E-state index in [4.69, 9.17) is 8.83 Å². The van der Waals surface area contributed by atoms with Crippen LogP contribution in [0.5, 0.6) is 0 Å². The molecule has 3 aromatic rings. The van der Waals surface area contributed by atoms with Crippen molar-refractivity contribution in [3.05, 3.63) is 60.6 Å². The summed E-state index contributed by atoms with van der Waals surface area (Å²) in [6.45, 7) is 2.85. The SMILES string of the molecule is Cc1nc(-c2ccc(S(=O)(=O)N3CCN(C(=O)c4ccco4)CC3)cc2)co1. The number of hydrogen-bond acceptors (Lipinski definition) is 6. The van der Waals surface area contributed by atoms with E-state index in [2.05, 4.69) is 4.98 Å². The first-order chi connectivity index (χ1) is 13.4. The van der Waals surface area contributed by atoms with Crippen LogP contribution in [0.2, 0.25) is 0 Å². The summed E-state index contributed by atoms with van der Waals surface area (Å²) in [6, 6.07) is 9.80. The van der Waals surface area contributed by atoms with E-state index in [-0.39, 0.29) is 29.7 Å². The van der Waals surface area contributed by atoms with Crippen molar-refractivity contribution in [3.63, 3.8) is 0 Å². The van der Waals surface area contributed by atoms with Gasteiger partial charge in [0, 0.05) is 38.7 Å². The van der Waals surface area contributed by atoms with Crippen LogP contribution in [-0.2, 0) is 10.0 Å². The fraction of sp³-hybridized carbons (Fsp3) is 0.263. The van der Waals surface area contributed by atoms with Gasteiger partial charge in [0.1, 0.15) is 12.0 Å². The molecule has 8 nitrogen and oxygen atoms in total. The van der Waals surface area contributed by atoms with E-state index < -0.39 is 10.0 Å². The zero-order chi connectivity index (χ0) is 19.7. The molecular weight excluding hydrogens is 382 g/mol. The molecule has 0 saturated carbocycles.